The maximum atomic E-state index is 14.4. The van der Waals surface area contributed by atoms with E-state index in [0.717, 1.165) is 12.8 Å². The monoisotopic (exact) mass is 740 g/mol. The summed E-state index contributed by atoms with van der Waals surface area (Å²) in [5.41, 5.74) is 0.862. The molecule has 0 radical (unpaired) electrons. The first-order valence-electron chi connectivity index (χ1n) is 17.3. The van der Waals surface area contributed by atoms with Gasteiger partial charge in [-0.05, 0) is 87.7 Å². The molecule has 0 saturated heterocycles. The van der Waals surface area contributed by atoms with Crippen LogP contribution in [0, 0.1) is 5.92 Å². The second-order valence-electron chi connectivity index (χ2n) is 13.2. The van der Waals surface area contributed by atoms with E-state index in [1.54, 1.807) is 56.4 Å². The number of methoxy groups -OCH3 is 1. The number of fused-ring (bicyclic) bond motifs is 2. The van der Waals surface area contributed by atoms with Gasteiger partial charge in [-0.2, -0.15) is 0 Å². The van der Waals surface area contributed by atoms with Crippen molar-refractivity contribution in [3.63, 3.8) is 0 Å². The van der Waals surface area contributed by atoms with Crippen LogP contribution in [0.1, 0.15) is 50.4 Å². The summed E-state index contributed by atoms with van der Waals surface area (Å²) in [6.07, 6.45) is 1.49. The standard InChI is InChI=1S/C37H48N4O10S/c1-24-20-41(25(2)22-42)36(43)31-18-28(39-52(45,46)30-13-11-29(47-5)12-14-30)10-15-32(31)51-26(3)8-6-7-17-48-35(24)21-40(4)37(44)38-27-9-16-33-34(19-27)50-23-49-33/h9-16,18-19,24-26,35,39,42H,6-8,17,20-23H2,1-5H3,(H,38,44)/t24-,25+,26+,35-/m0/s1. The van der Waals surface area contributed by atoms with E-state index in [1.165, 1.54) is 35.1 Å². The molecule has 0 bridgehead atoms. The number of likely N-dealkylation sites (N-methyl/N-ethyl adjacent to an activating group) is 1. The van der Waals surface area contributed by atoms with Crippen LogP contribution in [-0.2, 0) is 14.8 Å². The predicted molar refractivity (Wildman–Crippen MR) is 195 cm³/mol. The molecule has 282 valence electrons. The molecule has 0 unspecified atom stereocenters. The maximum absolute atomic E-state index is 14.4. The van der Waals surface area contributed by atoms with Gasteiger partial charge in [0.25, 0.3) is 15.9 Å². The van der Waals surface area contributed by atoms with Gasteiger partial charge in [0.2, 0.25) is 6.79 Å². The number of benzene rings is 3. The first kappa shape index (κ1) is 38.5. The van der Waals surface area contributed by atoms with Crippen molar-refractivity contribution in [1.29, 1.82) is 0 Å². The van der Waals surface area contributed by atoms with Crippen LogP contribution >= 0.6 is 0 Å². The highest BCUT2D eigenvalue weighted by Gasteiger charge is 2.31. The lowest BCUT2D eigenvalue weighted by Crippen LogP contribution is -2.48. The third-order valence-corrected chi connectivity index (χ3v) is 10.5. The molecule has 0 spiro atoms. The lowest BCUT2D eigenvalue weighted by atomic mass is 10.0. The number of aliphatic hydroxyl groups is 1. The number of anilines is 2. The molecular formula is C37H48N4O10S. The second-order valence-corrected chi connectivity index (χ2v) is 14.9. The van der Waals surface area contributed by atoms with Crippen molar-refractivity contribution in [3.8, 4) is 23.0 Å². The molecule has 2 aliphatic heterocycles. The summed E-state index contributed by atoms with van der Waals surface area (Å²) >= 11 is 0. The molecule has 5 rings (SSSR count). The normalized spacial score (nSPS) is 20.2. The summed E-state index contributed by atoms with van der Waals surface area (Å²) in [5, 5.41) is 13.2. The van der Waals surface area contributed by atoms with Crippen molar-refractivity contribution in [2.45, 2.75) is 63.2 Å². The number of ether oxygens (including phenoxy) is 5. The van der Waals surface area contributed by atoms with Gasteiger partial charge in [0.05, 0.1) is 42.4 Å². The topological polar surface area (TPSA) is 165 Å². The molecule has 3 amide bonds. The minimum absolute atomic E-state index is 0.0227. The number of nitrogens with zero attached hydrogens (tertiary/aromatic N) is 2. The minimum Gasteiger partial charge on any atom is -0.497 e. The van der Waals surface area contributed by atoms with Crippen LogP contribution in [0.2, 0.25) is 0 Å². The number of aliphatic hydroxyl groups excluding tert-OH is 1. The van der Waals surface area contributed by atoms with E-state index in [9.17, 15) is 23.1 Å². The maximum Gasteiger partial charge on any atom is 0.321 e. The van der Waals surface area contributed by atoms with Gasteiger partial charge in [-0.3, -0.25) is 9.52 Å². The van der Waals surface area contributed by atoms with Gasteiger partial charge < -0.3 is 43.9 Å². The van der Waals surface area contributed by atoms with Gasteiger partial charge >= 0.3 is 6.03 Å². The molecule has 52 heavy (non-hydrogen) atoms. The quantitative estimate of drug-likeness (QED) is 0.266. The number of amides is 3. The van der Waals surface area contributed by atoms with Crippen LogP contribution in [-0.4, -0.2) is 101 Å². The zero-order chi connectivity index (χ0) is 37.4. The van der Waals surface area contributed by atoms with Crippen LogP contribution in [0.5, 0.6) is 23.0 Å². The van der Waals surface area contributed by atoms with Crippen LogP contribution in [0.25, 0.3) is 0 Å². The summed E-state index contributed by atoms with van der Waals surface area (Å²) in [6, 6.07) is 14.8. The second kappa shape index (κ2) is 17.2. The van der Waals surface area contributed by atoms with Gasteiger partial charge in [-0.15, -0.1) is 0 Å². The SMILES string of the molecule is COc1ccc(S(=O)(=O)Nc2ccc3c(c2)C(=O)N([C@H](C)CO)C[C@H](C)[C@H](CN(C)C(=O)Nc2ccc4c(c2)OCO4)OCCCC[C@@H](C)O3)cc1. The van der Waals surface area contributed by atoms with Crippen LogP contribution in [0.3, 0.4) is 0 Å². The Morgan fingerprint density at radius 1 is 1.02 bits per heavy atom. The molecule has 2 aliphatic rings. The van der Waals surface area contributed by atoms with E-state index in [0.29, 0.717) is 41.7 Å². The van der Waals surface area contributed by atoms with Crippen molar-refractivity contribution >= 4 is 33.3 Å². The first-order chi connectivity index (χ1) is 24.9. The smallest absolute Gasteiger partial charge is 0.321 e. The molecule has 0 aromatic heterocycles. The molecule has 0 fully saturated rings. The molecule has 14 nitrogen and oxygen atoms in total. The Hall–Kier alpha value is -4.73. The average Bonchev–Trinajstić information content (AvgIpc) is 3.60. The molecule has 3 aromatic rings. The Labute approximate surface area is 305 Å². The summed E-state index contributed by atoms with van der Waals surface area (Å²) in [6.45, 7) is 6.21. The molecule has 2 heterocycles. The van der Waals surface area contributed by atoms with Crippen molar-refractivity contribution < 1.29 is 46.8 Å². The zero-order valence-electron chi connectivity index (χ0n) is 30.2. The highest BCUT2D eigenvalue weighted by molar-refractivity contribution is 7.92. The number of hydrogen-bond donors (Lipinski definition) is 3. The summed E-state index contributed by atoms with van der Waals surface area (Å²) in [7, 11) is -0.845. The number of nitrogens with one attached hydrogen (secondary N) is 2. The fourth-order valence-electron chi connectivity index (χ4n) is 5.96. The summed E-state index contributed by atoms with van der Waals surface area (Å²) in [5.74, 6) is 1.23. The molecule has 0 aliphatic carbocycles. The lowest BCUT2D eigenvalue weighted by Gasteiger charge is -2.35. The van der Waals surface area contributed by atoms with E-state index in [2.05, 4.69) is 10.0 Å². The molecular weight excluding hydrogens is 692 g/mol. The molecule has 3 N–H and O–H groups in total. The van der Waals surface area contributed by atoms with Gasteiger partial charge in [0, 0.05) is 50.1 Å². The number of rotatable bonds is 9. The van der Waals surface area contributed by atoms with Gasteiger partial charge in [-0.1, -0.05) is 6.92 Å². The molecule has 3 aromatic carbocycles. The molecule has 15 heteroatoms. The van der Waals surface area contributed by atoms with Crippen molar-refractivity contribution in [1.82, 2.24) is 9.80 Å². The van der Waals surface area contributed by atoms with Crippen LogP contribution < -0.4 is 29.0 Å². The summed E-state index contributed by atoms with van der Waals surface area (Å²) in [4.78, 5) is 30.8. The van der Waals surface area contributed by atoms with Gasteiger partial charge in [0.1, 0.15) is 11.5 Å². The van der Waals surface area contributed by atoms with Crippen LogP contribution in [0.15, 0.2) is 65.6 Å². The number of sulfonamides is 1. The van der Waals surface area contributed by atoms with Crippen molar-refractivity contribution in [2.24, 2.45) is 5.92 Å². The van der Waals surface area contributed by atoms with E-state index in [-0.39, 0.29) is 60.7 Å². The van der Waals surface area contributed by atoms with E-state index >= 15 is 0 Å². The van der Waals surface area contributed by atoms with E-state index < -0.39 is 28.1 Å². The van der Waals surface area contributed by atoms with Gasteiger partial charge in [-0.25, -0.2) is 13.2 Å². The fraction of sp³-hybridized carbons (Fsp3) is 0.459. The van der Waals surface area contributed by atoms with E-state index in [4.69, 9.17) is 23.7 Å². The Bertz CT molecular complexity index is 1810. The Balaban J connectivity index is 1.38. The van der Waals surface area contributed by atoms with Crippen molar-refractivity contribution in [2.75, 3.05) is 57.3 Å². The van der Waals surface area contributed by atoms with Crippen molar-refractivity contribution in [3.05, 3.63) is 66.2 Å². The van der Waals surface area contributed by atoms with E-state index in [1.807, 2.05) is 13.8 Å². The number of carbonyl (C=O) groups excluding carboxylic acids is 2. The summed E-state index contributed by atoms with van der Waals surface area (Å²) < 4.78 is 57.7. The average molecular weight is 741 g/mol. The molecule has 0 saturated carbocycles. The highest BCUT2D eigenvalue weighted by Crippen LogP contribution is 2.34. The van der Waals surface area contributed by atoms with Crippen LogP contribution in [0.4, 0.5) is 16.2 Å². The highest BCUT2D eigenvalue weighted by atomic mass is 32.2. The Morgan fingerprint density at radius 2 is 1.73 bits per heavy atom. The first-order valence-corrected chi connectivity index (χ1v) is 18.8. The Kier molecular flexibility index (Phi) is 12.7. The lowest BCUT2D eigenvalue weighted by molar-refractivity contribution is -0.0115. The zero-order valence-corrected chi connectivity index (χ0v) is 31.0. The fourth-order valence-corrected chi connectivity index (χ4v) is 7.01. The minimum atomic E-state index is -4.01. The number of hydrogen-bond acceptors (Lipinski definition) is 10. The number of urea groups is 1. The Morgan fingerprint density at radius 3 is 2.46 bits per heavy atom. The molecule has 4 atom stereocenters. The largest absolute Gasteiger partial charge is 0.497 e. The third-order valence-electron chi connectivity index (χ3n) is 9.10. The predicted octanol–water partition coefficient (Wildman–Crippen LogP) is 5.18. The van der Waals surface area contributed by atoms with Gasteiger partial charge in [0.15, 0.2) is 11.5 Å². The number of carbonyl (C=O) groups is 2. The third kappa shape index (κ3) is 9.57.